The molecule has 0 bridgehead atoms. The topological polar surface area (TPSA) is 79.7 Å². The highest BCUT2D eigenvalue weighted by atomic mass is 32.2. The molecule has 34 heavy (non-hydrogen) atoms. The molecule has 0 atom stereocenters. The number of carbonyl (C=O) groups excluding carboxylic acids is 2. The normalized spacial score (nSPS) is 17.6. The van der Waals surface area contributed by atoms with Gasteiger partial charge in [0.2, 0.25) is 5.91 Å². The zero-order valence-electron chi connectivity index (χ0n) is 19.4. The standard InChI is InChI=1S/C26H31N5O2S/c27-18-21-5-7-22(8-6-21)19-29-9-2-10-30(12-11-29)20-25(32)28-24-4-1-3-23(17-24)26(33)31-13-15-34-16-14-31/h1,3-8,17H,2,9-16,19-20H2,(H,28,32). The summed E-state index contributed by atoms with van der Waals surface area (Å²) in [7, 11) is 0. The van der Waals surface area contributed by atoms with Crippen molar-refractivity contribution in [2.24, 2.45) is 0 Å². The summed E-state index contributed by atoms with van der Waals surface area (Å²) in [5.41, 5.74) is 3.16. The third kappa shape index (κ3) is 6.83. The molecule has 2 heterocycles. The lowest BCUT2D eigenvalue weighted by molar-refractivity contribution is -0.117. The zero-order valence-corrected chi connectivity index (χ0v) is 20.2. The number of rotatable bonds is 6. The fourth-order valence-corrected chi connectivity index (χ4v) is 5.27. The molecule has 2 aromatic carbocycles. The van der Waals surface area contributed by atoms with E-state index < -0.39 is 0 Å². The number of carbonyl (C=O) groups is 2. The fourth-order valence-electron chi connectivity index (χ4n) is 4.37. The van der Waals surface area contributed by atoms with E-state index in [1.54, 1.807) is 6.07 Å². The quantitative estimate of drug-likeness (QED) is 0.689. The van der Waals surface area contributed by atoms with Gasteiger partial charge in [-0.1, -0.05) is 18.2 Å². The second-order valence-electron chi connectivity index (χ2n) is 8.75. The Kier molecular flexibility index (Phi) is 8.58. The fraction of sp³-hybridized carbons (Fsp3) is 0.423. The number of nitrogens with zero attached hydrogens (tertiary/aromatic N) is 4. The molecule has 0 saturated carbocycles. The molecule has 0 aliphatic carbocycles. The second-order valence-corrected chi connectivity index (χ2v) is 9.97. The van der Waals surface area contributed by atoms with E-state index in [2.05, 4.69) is 21.2 Å². The number of nitrogens with one attached hydrogen (secondary N) is 1. The molecule has 1 N–H and O–H groups in total. The molecule has 8 heteroatoms. The van der Waals surface area contributed by atoms with E-state index in [9.17, 15) is 9.59 Å². The number of nitriles is 1. The van der Waals surface area contributed by atoms with E-state index >= 15 is 0 Å². The number of amides is 2. The molecule has 2 fully saturated rings. The van der Waals surface area contributed by atoms with Gasteiger partial charge in [-0.2, -0.15) is 17.0 Å². The van der Waals surface area contributed by atoms with Crippen LogP contribution in [-0.2, 0) is 11.3 Å². The summed E-state index contributed by atoms with van der Waals surface area (Å²) in [6, 6.07) is 17.2. The molecule has 0 aromatic heterocycles. The van der Waals surface area contributed by atoms with Gasteiger partial charge in [-0.15, -0.1) is 0 Å². The van der Waals surface area contributed by atoms with Gasteiger partial charge in [0.05, 0.1) is 18.2 Å². The first kappa shape index (κ1) is 24.3. The Morgan fingerprint density at radius 1 is 0.941 bits per heavy atom. The average Bonchev–Trinajstić information content (AvgIpc) is 3.09. The van der Waals surface area contributed by atoms with Crippen LogP contribution in [0.3, 0.4) is 0 Å². The summed E-state index contributed by atoms with van der Waals surface area (Å²) in [5, 5.41) is 11.9. The largest absolute Gasteiger partial charge is 0.337 e. The Morgan fingerprint density at radius 3 is 2.44 bits per heavy atom. The molecule has 2 amide bonds. The smallest absolute Gasteiger partial charge is 0.253 e. The van der Waals surface area contributed by atoms with Gasteiger partial charge in [0.1, 0.15) is 0 Å². The SMILES string of the molecule is N#Cc1ccc(CN2CCCN(CC(=O)Nc3cccc(C(=O)N4CCSCC4)c3)CC2)cc1. The van der Waals surface area contributed by atoms with Crippen LogP contribution >= 0.6 is 11.8 Å². The maximum atomic E-state index is 12.8. The molecule has 7 nitrogen and oxygen atoms in total. The highest BCUT2D eigenvalue weighted by Crippen LogP contribution is 2.17. The highest BCUT2D eigenvalue weighted by Gasteiger charge is 2.20. The summed E-state index contributed by atoms with van der Waals surface area (Å²) >= 11 is 1.87. The summed E-state index contributed by atoms with van der Waals surface area (Å²) in [5.74, 6) is 1.93. The lowest BCUT2D eigenvalue weighted by Gasteiger charge is -2.26. The summed E-state index contributed by atoms with van der Waals surface area (Å²) in [6.07, 6.45) is 1.00. The van der Waals surface area contributed by atoms with Gasteiger partial charge in [0.15, 0.2) is 0 Å². The molecule has 2 aliphatic rings. The molecular weight excluding hydrogens is 446 g/mol. The summed E-state index contributed by atoms with van der Waals surface area (Å²) in [4.78, 5) is 32.0. The van der Waals surface area contributed by atoms with Crippen LogP contribution in [0.2, 0.25) is 0 Å². The van der Waals surface area contributed by atoms with Crippen molar-refractivity contribution in [1.29, 1.82) is 5.26 Å². The lowest BCUT2D eigenvalue weighted by atomic mass is 10.1. The molecule has 0 unspecified atom stereocenters. The van der Waals surface area contributed by atoms with Crippen molar-refractivity contribution in [3.05, 3.63) is 65.2 Å². The van der Waals surface area contributed by atoms with Crippen LogP contribution in [0.25, 0.3) is 0 Å². The zero-order chi connectivity index (χ0) is 23.8. The Morgan fingerprint density at radius 2 is 1.68 bits per heavy atom. The van der Waals surface area contributed by atoms with E-state index in [1.165, 1.54) is 5.56 Å². The van der Waals surface area contributed by atoms with Crippen LogP contribution in [-0.4, -0.2) is 83.8 Å². The van der Waals surface area contributed by atoms with Crippen LogP contribution in [0.15, 0.2) is 48.5 Å². The van der Waals surface area contributed by atoms with Crippen molar-refractivity contribution in [3.63, 3.8) is 0 Å². The Labute approximate surface area is 205 Å². The van der Waals surface area contributed by atoms with Crippen molar-refractivity contribution >= 4 is 29.3 Å². The van der Waals surface area contributed by atoms with Gasteiger partial charge < -0.3 is 10.2 Å². The first-order chi connectivity index (χ1) is 16.6. The monoisotopic (exact) mass is 477 g/mol. The number of thioether (sulfide) groups is 1. The molecule has 0 radical (unpaired) electrons. The van der Waals surface area contributed by atoms with E-state index in [0.717, 1.165) is 63.7 Å². The molecular formula is C26H31N5O2S. The lowest BCUT2D eigenvalue weighted by Crippen LogP contribution is -2.38. The van der Waals surface area contributed by atoms with Gasteiger partial charge in [-0.25, -0.2) is 0 Å². The average molecular weight is 478 g/mol. The van der Waals surface area contributed by atoms with Crippen LogP contribution in [0.4, 0.5) is 5.69 Å². The molecule has 4 rings (SSSR count). The van der Waals surface area contributed by atoms with Gasteiger partial charge in [0.25, 0.3) is 5.91 Å². The Hall–Kier alpha value is -2.86. The number of benzene rings is 2. The molecule has 0 spiro atoms. The number of hydrogen-bond acceptors (Lipinski definition) is 6. The van der Waals surface area contributed by atoms with Gasteiger partial charge in [-0.3, -0.25) is 19.4 Å². The first-order valence-electron chi connectivity index (χ1n) is 11.8. The van der Waals surface area contributed by atoms with Crippen LogP contribution < -0.4 is 5.32 Å². The maximum Gasteiger partial charge on any atom is 0.253 e. The first-order valence-corrected chi connectivity index (χ1v) is 13.0. The molecule has 2 aliphatic heterocycles. The molecule has 2 aromatic rings. The number of hydrogen-bond donors (Lipinski definition) is 1. The van der Waals surface area contributed by atoms with Gasteiger partial charge >= 0.3 is 0 Å². The summed E-state index contributed by atoms with van der Waals surface area (Å²) < 4.78 is 0. The van der Waals surface area contributed by atoms with Crippen molar-refractivity contribution in [3.8, 4) is 6.07 Å². The predicted octanol–water partition coefficient (Wildman–Crippen LogP) is 2.89. The second kappa shape index (κ2) is 12.0. The third-order valence-corrected chi connectivity index (χ3v) is 7.17. The van der Waals surface area contributed by atoms with Crippen molar-refractivity contribution in [1.82, 2.24) is 14.7 Å². The van der Waals surface area contributed by atoms with Crippen LogP contribution in [0.5, 0.6) is 0 Å². The van der Waals surface area contributed by atoms with E-state index in [0.29, 0.717) is 23.4 Å². The Balaban J connectivity index is 1.26. The van der Waals surface area contributed by atoms with Crippen molar-refractivity contribution in [2.45, 2.75) is 13.0 Å². The van der Waals surface area contributed by atoms with Crippen molar-refractivity contribution in [2.75, 3.05) is 62.6 Å². The minimum Gasteiger partial charge on any atom is -0.337 e. The van der Waals surface area contributed by atoms with Crippen LogP contribution in [0.1, 0.15) is 27.9 Å². The summed E-state index contributed by atoms with van der Waals surface area (Å²) in [6.45, 7) is 6.32. The minimum absolute atomic E-state index is 0.0336. The minimum atomic E-state index is -0.0560. The molecule has 178 valence electrons. The highest BCUT2D eigenvalue weighted by molar-refractivity contribution is 7.99. The Bertz CT molecular complexity index is 1030. The van der Waals surface area contributed by atoms with E-state index in [1.807, 2.05) is 59.1 Å². The van der Waals surface area contributed by atoms with Gasteiger partial charge in [0, 0.05) is 55.5 Å². The van der Waals surface area contributed by atoms with Crippen molar-refractivity contribution < 1.29 is 9.59 Å². The van der Waals surface area contributed by atoms with E-state index in [4.69, 9.17) is 5.26 Å². The number of anilines is 1. The van der Waals surface area contributed by atoms with E-state index in [-0.39, 0.29) is 11.8 Å². The molecule has 2 saturated heterocycles. The van der Waals surface area contributed by atoms with Crippen LogP contribution in [0, 0.1) is 11.3 Å². The predicted molar refractivity (Wildman–Crippen MR) is 136 cm³/mol. The third-order valence-electron chi connectivity index (χ3n) is 6.23. The van der Waals surface area contributed by atoms with Gasteiger partial charge in [-0.05, 0) is 55.4 Å². The maximum absolute atomic E-state index is 12.8.